The number of hydrogen-bond donors (Lipinski definition) is 1. The van der Waals surface area contributed by atoms with Crippen molar-refractivity contribution in [2.24, 2.45) is 0 Å². The first kappa shape index (κ1) is 15.2. The van der Waals surface area contributed by atoms with Crippen LogP contribution < -0.4 is 5.32 Å². The van der Waals surface area contributed by atoms with Crippen LogP contribution in [0.25, 0.3) is 5.65 Å². The molecule has 0 aliphatic rings. The van der Waals surface area contributed by atoms with Crippen LogP contribution in [0.2, 0.25) is 0 Å². The zero-order valence-electron chi connectivity index (χ0n) is 13.3. The molecule has 5 heteroatoms. The van der Waals surface area contributed by atoms with Crippen molar-refractivity contribution in [1.29, 1.82) is 0 Å². The second kappa shape index (κ2) is 5.83. The number of nitrogens with zero attached hydrogens (tertiary/aromatic N) is 2. The summed E-state index contributed by atoms with van der Waals surface area (Å²) in [4.78, 5) is 17.0. The van der Waals surface area contributed by atoms with Crippen LogP contribution >= 0.6 is 0 Å². The van der Waals surface area contributed by atoms with Crippen LogP contribution in [0.3, 0.4) is 0 Å². The summed E-state index contributed by atoms with van der Waals surface area (Å²) in [5, 5.41) is 2.93. The number of rotatable bonds is 3. The Morgan fingerprint density at radius 3 is 2.61 bits per heavy atom. The summed E-state index contributed by atoms with van der Waals surface area (Å²) in [5.74, 6) is -0.484. The molecule has 2 heterocycles. The molecule has 0 spiro atoms. The zero-order chi connectivity index (χ0) is 16.6. The van der Waals surface area contributed by atoms with Gasteiger partial charge in [0.1, 0.15) is 11.5 Å². The summed E-state index contributed by atoms with van der Waals surface area (Å²) in [6, 6.07) is 9.64. The molecule has 1 N–H and O–H groups in total. The van der Waals surface area contributed by atoms with Gasteiger partial charge < -0.3 is 9.72 Å². The number of benzene rings is 1. The molecule has 23 heavy (non-hydrogen) atoms. The fraction of sp³-hybridized carbons (Fsp3) is 0.222. The second-order valence-electron chi connectivity index (χ2n) is 5.71. The molecule has 0 saturated carbocycles. The maximum Gasteiger partial charge on any atom is 0.255 e. The van der Waals surface area contributed by atoms with Gasteiger partial charge in [-0.2, -0.15) is 0 Å². The van der Waals surface area contributed by atoms with Crippen molar-refractivity contribution in [1.82, 2.24) is 14.7 Å². The van der Waals surface area contributed by atoms with Gasteiger partial charge in [0.25, 0.3) is 5.91 Å². The van der Waals surface area contributed by atoms with E-state index in [1.165, 1.54) is 12.1 Å². The van der Waals surface area contributed by atoms with Crippen LogP contribution in [0, 0.1) is 19.7 Å². The summed E-state index contributed by atoms with van der Waals surface area (Å²) < 4.78 is 14.9. The first-order valence-electron chi connectivity index (χ1n) is 7.47. The number of carbonyl (C=O) groups is 1. The maximum absolute atomic E-state index is 13.0. The Morgan fingerprint density at radius 2 is 1.91 bits per heavy atom. The average molecular weight is 311 g/mol. The van der Waals surface area contributed by atoms with E-state index in [1.54, 1.807) is 18.2 Å². The zero-order valence-corrected chi connectivity index (χ0v) is 13.3. The molecule has 0 radical (unpaired) electrons. The molecule has 0 fully saturated rings. The highest BCUT2D eigenvalue weighted by Crippen LogP contribution is 2.17. The standard InChI is InChI=1S/C18H18FN3O/c1-11-10-12(2)22-9-8-16(17(22)20-11)18(23)21-13(3)14-4-6-15(19)7-5-14/h4-10,13H,1-3H3,(H,21,23)/t13-/m0/s1. The molecule has 0 aliphatic carbocycles. The molecule has 1 atom stereocenters. The van der Waals surface area contributed by atoms with Gasteiger partial charge in [0, 0.05) is 17.6 Å². The minimum atomic E-state index is -0.291. The molecule has 0 unspecified atom stereocenters. The largest absolute Gasteiger partial charge is 0.345 e. The molecule has 0 saturated heterocycles. The van der Waals surface area contributed by atoms with Crippen LogP contribution in [0.5, 0.6) is 0 Å². The lowest BCUT2D eigenvalue weighted by Gasteiger charge is -2.14. The summed E-state index contributed by atoms with van der Waals surface area (Å²) >= 11 is 0. The molecule has 3 rings (SSSR count). The monoisotopic (exact) mass is 311 g/mol. The molecular weight excluding hydrogens is 293 g/mol. The maximum atomic E-state index is 13.0. The van der Waals surface area contributed by atoms with E-state index < -0.39 is 0 Å². The third-order valence-corrected chi connectivity index (χ3v) is 3.90. The van der Waals surface area contributed by atoms with Crippen molar-refractivity contribution in [2.45, 2.75) is 26.8 Å². The number of hydrogen-bond acceptors (Lipinski definition) is 2. The molecule has 1 aromatic carbocycles. The third kappa shape index (κ3) is 2.95. The number of fused-ring (bicyclic) bond motifs is 1. The number of amides is 1. The molecule has 2 aromatic heterocycles. The van der Waals surface area contributed by atoms with Crippen LogP contribution in [0.4, 0.5) is 4.39 Å². The fourth-order valence-corrected chi connectivity index (χ4v) is 2.68. The van der Waals surface area contributed by atoms with Gasteiger partial charge in [0.2, 0.25) is 0 Å². The highest BCUT2D eigenvalue weighted by Gasteiger charge is 2.16. The summed E-state index contributed by atoms with van der Waals surface area (Å²) in [6.45, 7) is 5.75. The van der Waals surface area contributed by atoms with E-state index in [-0.39, 0.29) is 17.8 Å². The molecular formula is C18H18FN3O. The first-order valence-corrected chi connectivity index (χ1v) is 7.47. The Labute approximate surface area is 134 Å². The van der Waals surface area contributed by atoms with Gasteiger partial charge in [0.05, 0.1) is 11.6 Å². The first-order chi connectivity index (χ1) is 11.0. The lowest BCUT2D eigenvalue weighted by Crippen LogP contribution is -2.26. The van der Waals surface area contributed by atoms with E-state index in [4.69, 9.17) is 0 Å². The molecule has 4 nitrogen and oxygen atoms in total. The van der Waals surface area contributed by atoms with Gasteiger partial charge in [-0.25, -0.2) is 9.37 Å². The number of aryl methyl sites for hydroxylation is 2. The van der Waals surface area contributed by atoms with Crippen molar-refractivity contribution in [3.05, 3.63) is 70.9 Å². The van der Waals surface area contributed by atoms with Gasteiger partial charge in [-0.3, -0.25) is 4.79 Å². The van der Waals surface area contributed by atoms with E-state index in [0.29, 0.717) is 11.2 Å². The van der Waals surface area contributed by atoms with Gasteiger partial charge in [-0.1, -0.05) is 12.1 Å². The van der Waals surface area contributed by atoms with E-state index in [9.17, 15) is 9.18 Å². The highest BCUT2D eigenvalue weighted by molar-refractivity contribution is 6.00. The SMILES string of the molecule is Cc1cc(C)n2ccc(C(=O)N[C@@H](C)c3ccc(F)cc3)c2n1. The Kier molecular flexibility index (Phi) is 3.86. The van der Waals surface area contributed by atoms with E-state index >= 15 is 0 Å². The lowest BCUT2D eigenvalue weighted by atomic mass is 10.1. The predicted molar refractivity (Wildman–Crippen MR) is 86.9 cm³/mol. The number of aromatic nitrogens is 2. The minimum absolute atomic E-state index is 0.193. The third-order valence-electron chi connectivity index (χ3n) is 3.90. The smallest absolute Gasteiger partial charge is 0.255 e. The van der Waals surface area contributed by atoms with E-state index in [0.717, 1.165) is 17.0 Å². The number of nitrogens with one attached hydrogen (secondary N) is 1. The lowest BCUT2D eigenvalue weighted by molar-refractivity contribution is 0.0941. The molecule has 0 aliphatic heterocycles. The van der Waals surface area contributed by atoms with Crippen LogP contribution in [0.15, 0.2) is 42.6 Å². The highest BCUT2D eigenvalue weighted by atomic mass is 19.1. The summed E-state index contributed by atoms with van der Waals surface area (Å²) in [5.41, 5.74) is 3.92. The van der Waals surface area contributed by atoms with Crippen LogP contribution in [-0.4, -0.2) is 15.3 Å². The van der Waals surface area contributed by atoms with Crippen LogP contribution in [-0.2, 0) is 0 Å². The van der Waals surface area contributed by atoms with Gasteiger partial charge in [0.15, 0.2) is 0 Å². The normalized spacial score (nSPS) is 12.3. The Morgan fingerprint density at radius 1 is 1.22 bits per heavy atom. The second-order valence-corrected chi connectivity index (χ2v) is 5.71. The van der Waals surface area contributed by atoms with Crippen molar-refractivity contribution < 1.29 is 9.18 Å². The molecule has 0 bridgehead atoms. The van der Waals surface area contributed by atoms with Crippen molar-refractivity contribution in [2.75, 3.05) is 0 Å². The van der Waals surface area contributed by atoms with E-state index in [2.05, 4.69) is 10.3 Å². The molecule has 3 aromatic rings. The Balaban J connectivity index is 1.87. The topological polar surface area (TPSA) is 46.4 Å². The van der Waals surface area contributed by atoms with Gasteiger partial charge in [-0.15, -0.1) is 0 Å². The van der Waals surface area contributed by atoms with E-state index in [1.807, 2.05) is 37.4 Å². The van der Waals surface area contributed by atoms with Gasteiger partial charge >= 0.3 is 0 Å². The van der Waals surface area contributed by atoms with Crippen LogP contribution in [0.1, 0.15) is 40.3 Å². The number of carbonyl (C=O) groups excluding carboxylic acids is 1. The fourth-order valence-electron chi connectivity index (χ4n) is 2.68. The Bertz CT molecular complexity index is 868. The van der Waals surface area contributed by atoms with Gasteiger partial charge in [-0.05, 0) is 50.6 Å². The molecule has 1 amide bonds. The van der Waals surface area contributed by atoms with Crippen molar-refractivity contribution in [3.8, 4) is 0 Å². The van der Waals surface area contributed by atoms with Crippen molar-refractivity contribution in [3.63, 3.8) is 0 Å². The number of halogens is 1. The average Bonchev–Trinajstić information content (AvgIpc) is 2.91. The summed E-state index contributed by atoms with van der Waals surface area (Å²) in [6.07, 6.45) is 1.84. The Hall–Kier alpha value is -2.69. The minimum Gasteiger partial charge on any atom is -0.345 e. The summed E-state index contributed by atoms with van der Waals surface area (Å²) in [7, 11) is 0. The van der Waals surface area contributed by atoms with Crippen molar-refractivity contribution >= 4 is 11.6 Å². The predicted octanol–water partition coefficient (Wildman–Crippen LogP) is 3.58. The quantitative estimate of drug-likeness (QED) is 0.803. The molecule has 118 valence electrons.